The van der Waals surface area contributed by atoms with Crippen LogP contribution in [0.1, 0.15) is 26.6 Å². The highest BCUT2D eigenvalue weighted by molar-refractivity contribution is 5.87. The highest BCUT2D eigenvalue weighted by atomic mass is 16.1. The number of nitrogens with one attached hydrogen (secondary N) is 2. The van der Waals surface area contributed by atoms with Gasteiger partial charge in [-0.25, -0.2) is 9.97 Å². The van der Waals surface area contributed by atoms with E-state index in [1.807, 2.05) is 13.8 Å². The lowest BCUT2D eigenvalue weighted by atomic mass is 9.87. The van der Waals surface area contributed by atoms with Crippen molar-refractivity contribution in [3.05, 3.63) is 11.9 Å². The van der Waals surface area contributed by atoms with Crippen molar-refractivity contribution in [3.63, 3.8) is 0 Å². The van der Waals surface area contributed by atoms with Gasteiger partial charge in [0.1, 0.15) is 23.0 Å². The molecule has 6 nitrogen and oxygen atoms in total. The van der Waals surface area contributed by atoms with Gasteiger partial charge in [0, 0.05) is 13.1 Å². The minimum Gasteiger partial charge on any atom is -0.373 e. The molecule has 100 valence electrons. The van der Waals surface area contributed by atoms with Crippen molar-refractivity contribution in [1.29, 1.82) is 0 Å². The second-order valence-electron chi connectivity index (χ2n) is 4.78. The average molecular weight is 251 g/mol. The lowest BCUT2D eigenvalue weighted by Gasteiger charge is -2.32. The van der Waals surface area contributed by atoms with Crippen LogP contribution in [-0.4, -0.2) is 28.5 Å². The van der Waals surface area contributed by atoms with Crippen molar-refractivity contribution in [2.24, 2.45) is 11.7 Å². The molecule has 18 heavy (non-hydrogen) atoms. The fourth-order valence-corrected chi connectivity index (χ4v) is 1.52. The summed E-state index contributed by atoms with van der Waals surface area (Å²) in [5.74, 6) is 1.55. The van der Waals surface area contributed by atoms with Crippen molar-refractivity contribution in [1.82, 2.24) is 9.97 Å². The second kappa shape index (κ2) is 5.20. The molecule has 1 aromatic rings. The maximum atomic E-state index is 11.6. The number of anilines is 2. The Kier molecular flexibility index (Phi) is 4.11. The van der Waals surface area contributed by atoms with Crippen LogP contribution in [0.25, 0.3) is 0 Å². The molecular weight excluding hydrogens is 230 g/mol. The van der Waals surface area contributed by atoms with Gasteiger partial charge in [-0.1, -0.05) is 13.8 Å². The first kappa shape index (κ1) is 14.2. The van der Waals surface area contributed by atoms with Gasteiger partial charge in [-0.05, 0) is 19.8 Å². The highest BCUT2D eigenvalue weighted by Crippen LogP contribution is 2.22. The van der Waals surface area contributed by atoms with E-state index in [1.54, 1.807) is 27.0 Å². The Bertz CT molecular complexity index is 446. The summed E-state index contributed by atoms with van der Waals surface area (Å²) < 4.78 is 0. The Labute approximate surface area is 107 Å². The van der Waals surface area contributed by atoms with Crippen molar-refractivity contribution in [2.45, 2.75) is 33.2 Å². The number of nitrogens with two attached hydrogens (primary N) is 1. The average Bonchev–Trinajstić information content (AvgIpc) is 2.27. The van der Waals surface area contributed by atoms with Crippen molar-refractivity contribution >= 4 is 17.5 Å². The fraction of sp³-hybridized carbons (Fsp3) is 0.583. The number of rotatable bonds is 5. The van der Waals surface area contributed by atoms with Crippen LogP contribution in [0, 0.1) is 12.8 Å². The third kappa shape index (κ3) is 2.88. The number of aromatic nitrogens is 2. The largest absolute Gasteiger partial charge is 0.373 e. The first-order valence-electron chi connectivity index (χ1n) is 5.91. The molecular formula is C12H21N5O. The van der Waals surface area contributed by atoms with Gasteiger partial charge >= 0.3 is 0 Å². The summed E-state index contributed by atoms with van der Waals surface area (Å²) in [5.41, 5.74) is 4.63. The van der Waals surface area contributed by atoms with E-state index in [0.717, 1.165) is 0 Å². The van der Waals surface area contributed by atoms with Crippen molar-refractivity contribution < 1.29 is 4.79 Å². The number of carbonyl (C=O) groups is 1. The van der Waals surface area contributed by atoms with Gasteiger partial charge in [-0.3, -0.25) is 4.79 Å². The second-order valence-corrected chi connectivity index (χ2v) is 4.78. The Morgan fingerprint density at radius 3 is 2.39 bits per heavy atom. The maximum absolute atomic E-state index is 11.6. The Hall–Kier alpha value is -1.85. The number of carbonyl (C=O) groups excluding carboxylic acids is 1. The minimum absolute atomic E-state index is 0.0447. The van der Waals surface area contributed by atoms with Crippen LogP contribution in [0.4, 0.5) is 11.6 Å². The number of hydrogen-bond donors (Lipinski definition) is 3. The zero-order valence-electron chi connectivity index (χ0n) is 11.5. The molecule has 1 heterocycles. The summed E-state index contributed by atoms with van der Waals surface area (Å²) in [6.07, 6.45) is 0. The molecule has 0 saturated heterocycles. The Balaban J connectivity index is 3.08. The third-order valence-corrected chi connectivity index (χ3v) is 3.15. The molecule has 4 N–H and O–H groups in total. The monoisotopic (exact) mass is 251 g/mol. The highest BCUT2D eigenvalue weighted by Gasteiger charge is 2.35. The number of amides is 1. The molecule has 0 aromatic carbocycles. The van der Waals surface area contributed by atoms with Gasteiger partial charge in [0.05, 0.1) is 0 Å². The molecule has 1 rings (SSSR count). The predicted octanol–water partition coefficient (Wildman–Crippen LogP) is 1.14. The molecule has 0 radical (unpaired) electrons. The standard InChI is InChI=1S/C12H21N5O/c1-7(2)12(4,11(13)18)17-10-6-9(14-5)15-8(3)16-10/h6-7H,1-5H3,(H2,13,18)(H2,14,15,16,17). The van der Waals surface area contributed by atoms with Gasteiger partial charge in [0.25, 0.3) is 0 Å². The first-order chi connectivity index (χ1) is 8.29. The maximum Gasteiger partial charge on any atom is 0.243 e. The molecule has 1 unspecified atom stereocenters. The van der Waals surface area contributed by atoms with Gasteiger partial charge < -0.3 is 16.4 Å². The van der Waals surface area contributed by atoms with Crippen LogP contribution in [0.5, 0.6) is 0 Å². The van der Waals surface area contributed by atoms with E-state index >= 15 is 0 Å². The van der Waals surface area contributed by atoms with E-state index in [9.17, 15) is 4.79 Å². The molecule has 1 atom stereocenters. The lowest BCUT2D eigenvalue weighted by molar-refractivity contribution is -0.123. The van der Waals surface area contributed by atoms with E-state index in [0.29, 0.717) is 17.5 Å². The number of nitrogens with zero attached hydrogens (tertiary/aromatic N) is 2. The topological polar surface area (TPSA) is 92.9 Å². The molecule has 1 aromatic heterocycles. The summed E-state index contributed by atoms with van der Waals surface area (Å²) >= 11 is 0. The van der Waals surface area contributed by atoms with Crippen LogP contribution in [0.3, 0.4) is 0 Å². The van der Waals surface area contributed by atoms with Crippen LogP contribution in [-0.2, 0) is 4.79 Å². The number of hydrogen-bond acceptors (Lipinski definition) is 5. The first-order valence-corrected chi connectivity index (χ1v) is 5.91. The molecule has 1 amide bonds. The van der Waals surface area contributed by atoms with E-state index in [2.05, 4.69) is 20.6 Å². The van der Waals surface area contributed by atoms with E-state index < -0.39 is 11.4 Å². The third-order valence-electron chi connectivity index (χ3n) is 3.15. The molecule has 0 fully saturated rings. The smallest absolute Gasteiger partial charge is 0.243 e. The van der Waals surface area contributed by atoms with E-state index in [-0.39, 0.29) is 5.92 Å². The van der Waals surface area contributed by atoms with Gasteiger partial charge in [0.15, 0.2) is 0 Å². The van der Waals surface area contributed by atoms with Crippen LogP contribution >= 0.6 is 0 Å². The summed E-state index contributed by atoms with van der Waals surface area (Å²) in [6.45, 7) is 7.44. The molecule has 0 aliphatic rings. The van der Waals surface area contributed by atoms with Crippen molar-refractivity contribution in [2.75, 3.05) is 17.7 Å². The van der Waals surface area contributed by atoms with E-state index in [4.69, 9.17) is 5.73 Å². The van der Waals surface area contributed by atoms with Crippen LogP contribution in [0.2, 0.25) is 0 Å². The SMILES string of the molecule is CNc1cc(NC(C)(C(N)=O)C(C)C)nc(C)n1. The molecule has 0 aliphatic carbocycles. The summed E-state index contributed by atoms with van der Waals surface area (Å²) in [7, 11) is 1.78. The number of primary amides is 1. The summed E-state index contributed by atoms with van der Waals surface area (Å²) in [5, 5.41) is 6.05. The van der Waals surface area contributed by atoms with Gasteiger partial charge in [0.2, 0.25) is 5.91 Å². The van der Waals surface area contributed by atoms with Crippen LogP contribution < -0.4 is 16.4 Å². The van der Waals surface area contributed by atoms with Crippen molar-refractivity contribution in [3.8, 4) is 0 Å². The molecule has 6 heteroatoms. The minimum atomic E-state index is -0.841. The molecule has 0 bridgehead atoms. The summed E-state index contributed by atoms with van der Waals surface area (Å²) in [4.78, 5) is 20.1. The zero-order chi connectivity index (χ0) is 13.9. The van der Waals surface area contributed by atoms with Gasteiger partial charge in [-0.2, -0.15) is 0 Å². The molecule has 0 saturated carbocycles. The Morgan fingerprint density at radius 1 is 1.39 bits per heavy atom. The Morgan fingerprint density at radius 2 is 1.94 bits per heavy atom. The predicted molar refractivity (Wildman–Crippen MR) is 72.4 cm³/mol. The molecule has 0 spiro atoms. The quantitative estimate of drug-likeness (QED) is 0.729. The summed E-state index contributed by atoms with van der Waals surface area (Å²) in [6, 6.07) is 1.75. The molecule has 0 aliphatic heterocycles. The zero-order valence-corrected chi connectivity index (χ0v) is 11.5. The fourth-order valence-electron chi connectivity index (χ4n) is 1.52. The normalized spacial score (nSPS) is 14.1. The number of aryl methyl sites for hydroxylation is 1. The lowest BCUT2D eigenvalue weighted by Crippen LogP contribution is -2.52. The van der Waals surface area contributed by atoms with Crippen LogP contribution in [0.15, 0.2) is 6.07 Å². The van der Waals surface area contributed by atoms with E-state index in [1.165, 1.54) is 0 Å². The van der Waals surface area contributed by atoms with Gasteiger partial charge in [-0.15, -0.1) is 0 Å².